The van der Waals surface area contributed by atoms with Gasteiger partial charge in [-0.05, 0) is 23.9 Å². The number of halogens is 1. The molecule has 2 nitrogen and oxygen atoms in total. The first-order valence-electron chi connectivity index (χ1n) is 6.09. The van der Waals surface area contributed by atoms with E-state index in [-0.39, 0.29) is 11.4 Å². The first kappa shape index (κ1) is 14.3. The maximum atomic E-state index is 12.1. The van der Waals surface area contributed by atoms with Crippen molar-refractivity contribution < 1.29 is 4.79 Å². The van der Waals surface area contributed by atoms with Crippen LogP contribution in [0.1, 0.15) is 17.4 Å². The fraction of sp³-hybridized carbons (Fsp3) is 0.267. The summed E-state index contributed by atoms with van der Waals surface area (Å²) < 4.78 is 0. The molecule has 0 saturated heterocycles. The smallest absolute Gasteiger partial charge is 0.225 e. The molecule has 2 aromatic rings. The van der Waals surface area contributed by atoms with Gasteiger partial charge in [0.15, 0.2) is 0 Å². The van der Waals surface area contributed by atoms with Crippen molar-refractivity contribution in [2.45, 2.75) is 18.9 Å². The Bertz CT molecular complexity index is 526. The normalized spacial score (nSPS) is 13.8. The first-order chi connectivity index (χ1) is 9.14. The summed E-state index contributed by atoms with van der Waals surface area (Å²) in [6.07, 6.45) is 0.438. The highest BCUT2D eigenvalue weighted by Gasteiger charge is 2.27. The molecule has 0 saturated carbocycles. The zero-order valence-corrected chi connectivity index (χ0v) is 13.1. The fourth-order valence-electron chi connectivity index (χ4n) is 1.91. The Kier molecular flexibility index (Phi) is 4.77. The van der Waals surface area contributed by atoms with Crippen LogP contribution < -0.4 is 5.32 Å². The third-order valence-electron chi connectivity index (χ3n) is 3.01. The van der Waals surface area contributed by atoms with Crippen LogP contribution in [0.2, 0.25) is 0 Å². The Morgan fingerprint density at radius 3 is 2.58 bits per heavy atom. The van der Waals surface area contributed by atoms with E-state index in [1.54, 1.807) is 11.3 Å². The molecule has 0 bridgehead atoms. The minimum absolute atomic E-state index is 0.0493. The van der Waals surface area contributed by atoms with Gasteiger partial charge >= 0.3 is 0 Å². The molecule has 0 radical (unpaired) electrons. The third-order valence-corrected chi connectivity index (χ3v) is 5.01. The summed E-state index contributed by atoms with van der Waals surface area (Å²) in [5, 5.41) is 5.79. The molecule has 1 atom stereocenters. The third kappa shape index (κ3) is 3.67. The van der Waals surface area contributed by atoms with Gasteiger partial charge in [0, 0.05) is 10.2 Å². The Morgan fingerprint density at radius 1 is 1.26 bits per heavy atom. The van der Waals surface area contributed by atoms with E-state index in [1.165, 1.54) is 0 Å². The SMILES string of the molecule is CC(CBr)(NC(=O)Cc1cccs1)c1ccccc1. The molecule has 0 aliphatic carbocycles. The van der Waals surface area contributed by atoms with Gasteiger partial charge in [-0.2, -0.15) is 0 Å². The first-order valence-corrected chi connectivity index (χ1v) is 8.09. The standard InChI is InChI=1S/C15H16BrNOS/c1-15(11-16,12-6-3-2-4-7-12)17-14(18)10-13-8-5-9-19-13/h2-9H,10-11H2,1H3,(H,17,18). The Balaban J connectivity index is 2.08. The van der Waals surface area contributed by atoms with E-state index >= 15 is 0 Å². The molecule has 0 spiro atoms. The van der Waals surface area contributed by atoms with Gasteiger partial charge in [0.2, 0.25) is 5.91 Å². The number of hydrogen-bond donors (Lipinski definition) is 1. The molecule has 1 unspecified atom stereocenters. The minimum Gasteiger partial charge on any atom is -0.346 e. The van der Waals surface area contributed by atoms with E-state index in [9.17, 15) is 4.79 Å². The molecular weight excluding hydrogens is 322 g/mol. The molecule has 1 aromatic heterocycles. The number of nitrogens with one attached hydrogen (secondary N) is 1. The molecule has 0 aliphatic rings. The van der Waals surface area contributed by atoms with Gasteiger partial charge in [0.25, 0.3) is 0 Å². The highest BCUT2D eigenvalue weighted by atomic mass is 79.9. The number of hydrogen-bond acceptors (Lipinski definition) is 2. The largest absolute Gasteiger partial charge is 0.346 e. The molecule has 1 aromatic carbocycles. The second kappa shape index (κ2) is 6.35. The van der Waals surface area contributed by atoms with Crippen molar-refractivity contribution in [3.05, 3.63) is 58.3 Å². The van der Waals surface area contributed by atoms with E-state index in [4.69, 9.17) is 0 Å². The Morgan fingerprint density at radius 2 is 2.00 bits per heavy atom. The highest BCUT2D eigenvalue weighted by Crippen LogP contribution is 2.23. The summed E-state index contributed by atoms with van der Waals surface area (Å²) >= 11 is 5.11. The Labute approximate surface area is 126 Å². The molecule has 19 heavy (non-hydrogen) atoms. The second-order valence-corrected chi connectivity index (χ2v) is 6.23. The molecule has 0 aliphatic heterocycles. The van der Waals surface area contributed by atoms with Gasteiger partial charge in [-0.15, -0.1) is 11.3 Å². The zero-order chi connectivity index (χ0) is 13.7. The molecular formula is C15H16BrNOS. The van der Waals surface area contributed by atoms with Gasteiger partial charge in [-0.25, -0.2) is 0 Å². The van der Waals surface area contributed by atoms with Crippen LogP contribution in [0, 0.1) is 0 Å². The summed E-state index contributed by atoms with van der Waals surface area (Å²) in [4.78, 5) is 13.2. The van der Waals surface area contributed by atoms with Crippen molar-refractivity contribution in [1.82, 2.24) is 5.32 Å². The molecule has 4 heteroatoms. The lowest BCUT2D eigenvalue weighted by Gasteiger charge is -2.29. The van der Waals surface area contributed by atoms with Gasteiger partial charge < -0.3 is 5.32 Å². The molecule has 0 fully saturated rings. The summed E-state index contributed by atoms with van der Waals surface area (Å²) in [7, 11) is 0. The molecule has 2 rings (SSSR count). The van der Waals surface area contributed by atoms with Crippen molar-refractivity contribution in [2.75, 3.05) is 5.33 Å². The van der Waals surface area contributed by atoms with Crippen molar-refractivity contribution >= 4 is 33.2 Å². The predicted molar refractivity (Wildman–Crippen MR) is 83.8 cm³/mol. The number of rotatable bonds is 5. The number of carbonyl (C=O) groups excluding carboxylic acids is 1. The lowest BCUT2D eigenvalue weighted by atomic mass is 9.94. The van der Waals surface area contributed by atoms with Gasteiger partial charge in [0.05, 0.1) is 12.0 Å². The fourth-order valence-corrected chi connectivity index (χ4v) is 3.08. The van der Waals surface area contributed by atoms with Crippen LogP contribution in [0.25, 0.3) is 0 Å². The lowest BCUT2D eigenvalue weighted by molar-refractivity contribution is -0.122. The quantitative estimate of drug-likeness (QED) is 0.827. The van der Waals surface area contributed by atoms with Gasteiger partial charge in [0.1, 0.15) is 0 Å². The average Bonchev–Trinajstić information content (AvgIpc) is 2.92. The summed E-state index contributed by atoms with van der Waals surface area (Å²) in [6, 6.07) is 14.0. The average molecular weight is 338 g/mol. The van der Waals surface area contributed by atoms with Crippen molar-refractivity contribution in [2.24, 2.45) is 0 Å². The zero-order valence-electron chi connectivity index (χ0n) is 10.7. The van der Waals surface area contributed by atoms with E-state index in [0.29, 0.717) is 11.8 Å². The molecule has 1 N–H and O–H groups in total. The summed E-state index contributed by atoms with van der Waals surface area (Å²) in [5.41, 5.74) is 0.724. The maximum absolute atomic E-state index is 12.1. The Hall–Kier alpha value is -1.13. The minimum atomic E-state index is -0.379. The van der Waals surface area contributed by atoms with E-state index in [1.807, 2.05) is 54.8 Å². The van der Waals surface area contributed by atoms with Crippen molar-refractivity contribution in [3.8, 4) is 0 Å². The predicted octanol–water partition coefficient (Wildman–Crippen LogP) is 3.72. The van der Waals surface area contributed by atoms with Crippen molar-refractivity contribution in [1.29, 1.82) is 0 Å². The van der Waals surface area contributed by atoms with Crippen molar-refractivity contribution in [3.63, 3.8) is 0 Å². The number of thiophene rings is 1. The van der Waals surface area contributed by atoms with Crippen LogP contribution in [-0.2, 0) is 16.8 Å². The van der Waals surface area contributed by atoms with Gasteiger partial charge in [-0.3, -0.25) is 4.79 Å². The monoisotopic (exact) mass is 337 g/mol. The van der Waals surface area contributed by atoms with Crippen LogP contribution in [0.3, 0.4) is 0 Å². The summed E-state index contributed by atoms with van der Waals surface area (Å²) in [6.45, 7) is 2.03. The highest BCUT2D eigenvalue weighted by molar-refractivity contribution is 9.09. The van der Waals surface area contributed by atoms with Crippen LogP contribution in [-0.4, -0.2) is 11.2 Å². The summed E-state index contributed by atoms with van der Waals surface area (Å²) in [5.74, 6) is 0.0493. The van der Waals surface area contributed by atoms with Crippen LogP contribution in [0.4, 0.5) is 0 Å². The molecule has 1 amide bonds. The van der Waals surface area contributed by atoms with Crippen LogP contribution in [0.15, 0.2) is 47.8 Å². The van der Waals surface area contributed by atoms with E-state index in [0.717, 1.165) is 10.4 Å². The molecule has 100 valence electrons. The van der Waals surface area contributed by atoms with E-state index < -0.39 is 0 Å². The molecule has 1 heterocycles. The number of benzene rings is 1. The van der Waals surface area contributed by atoms with Crippen LogP contribution >= 0.6 is 27.3 Å². The lowest BCUT2D eigenvalue weighted by Crippen LogP contribution is -2.45. The number of carbonyl (C=O) groups is 1. The van der Waals surface area contributed by atoms with Crippen LogP contribution in [0.5, 0.6) is 0 Å². The van der Waals surface area contributed by atoms with E-state index in [2.05, 4.69) is 21.2 Å². The maximum Gasteiger partial charge on any atom is 0.225 e. The number of amides is 1. The second-order valence-electron chi connectivity index (χ2n) is 4.64. The topological polar surface area (TPSA) is 29.1 Å². The van der Waals surface area contributed by atoms with Gasteiger partial charge in [-0.1, -0.05) is 52.3 Å². The number of alkyl halides is 1.